The van der Waals surface area contributed by atoms with Crippen LogP contribution in [-0.2, 0) is 15.8 Å². The van der Waals surface area contributed by atoms with Crippen molar-refractivity contribution < 1.29 is 14.6 Å². The molecule has 9 heteroatoms. The number of aryl methyl sites for hydroxylation is 1. The van der Waals surface area contributed by atoms with Crippen LogP contribution < -0.4 is 4.74 Å². The molecule has 4 aromatic heterocycles. The first-order chi connectivity index (χ1) is 21.9. The van der Waals surface area contributed by atoms with E-state index in [4.69, 9.17) is 19.4 Å². The number of aromatic hydroxyl groups is 1. The number of hydrogen-bond donors (Lipinski definition) is 1. The van der Waals surface area contributed by atoms with Crippen molar-refractivity contribution in [3.05, 3.63) is 156 Å². The van der Waals surface area contributed by atoms with E-state index in [-0.39, 0.29) is 19.0 Å². The zero-order valence-electron chi connectivity index (χ0n) is 25.4. The van der Waals surface area contributed by atoms with Crippen LogP contribution in [0.25, 0.3) is 5.82 Å². The maximum atomic E-state index is 11.1. The average molecular weight is 599 g/mol. The van der Waals surface area contributed by atoms with Gasteiger partial charge < -0.3 is 14.6 Å². The molecule has 0 saturated carbocycles. The molecule has 0 fully saturated rings. The van der Waals surface area contributed by atoms with Gasteiger partial charge in [-0.25, -0.2) is 19.6 Å². The van der Waals surface area contributed by atoms with E-state index in [0.717, 1.165) is 16.8 Å². The fraction of sp³-hybridized carbons (Fsp3) is 0.194. The Balaban J connectivity index is 1.44. The lowest BCUT2D eigenvalue weighted by molar-refractivity contribution is -0.0239. The van der Waals surface area contributed by atoms with Gasteiger partial charge in [-0.2, -0.15) is 5.10 Å². The molecular formula is C36H34N6O3. The summed E-state index contributed by atoms with van der Waals surface area (Å²) < 4.78 is 14.1. The zero-order valence-corrected chi connectivity index (χ0v) is 25.4. The molecule has 6 rings (SSSR count). The maximum absolute atomic E-state index is 11.1. The monoisotopic (exact) mass is 598 g/mol. The zero-order chi connectivity index (χ0) is 31.3. The third kappa shape index (κ3) is 6.03. The standard InChI is InChI=1S/C36H34N6O3/c1-26-38-25-42(41-26)33-20-12-19-32(40-33)36(3,45-24-23-44-34-21-9-10-22-37-34)31-18-11-17-30(39-31)35(2,27-13-5-4-6-14-27)28-15-7-8-16-29(28)43/h4-22,25,43H,23-24H2,1-3H3. The Labute approximate surface area is 262 Å². The molecule has 2 unspecified atom stereocenters. The van der Waals surface area contributed by atoms with Crippen molar-refractivity contribution in [1.82, 2.24) is 29.7 Å². The summed E-state index contributed by atoms with van der Waals surface area (Å²) in [6.45, 7) is 6.38. The molecule has 0 spiro atoms. The van der Waals surface area contributed by atoms with Gasteiger partial charge in [-0.05, 0) is 62.7 Å². The van der Waals surface area contributed by atoms with E-state index >= 15 is 0 Å². The van der Waals surface area contributed by atoms with Crippen molar-refractivity contribution in [3.63, 3.8) is 0 Å². The van der Waals surface area contributed by atoms with Crippen LogP contribution in [0.2, 0.25) is 0 Å². The predicted molar refractivity (Wildman–Crippen MR) is 170 cm³/mol. The van der Waals surface area contributed by atoms with E-state index in [1.165, 1.54) is 0 Å². The first kappa shape index (κ1) is 29.7. The number of phenolic OH excluding ortho intramolecular Hbond substituents is 1. The van der Waals surface area contributed by atoms with Crippen LogP contribution in [0.3, 0.4) is 0 Å². The number of hydrogen-bond acceptors (Lipinski definition) is 8. The lowest BCUT2D eigenvalue weighted by Crippen LogP contribution is -2.34. The lowest BCUT2D eigenvalue weighted by atomic mass is 9.73. The Bertz CT molecular complexity index is 1880. The number of aromatic nitrogens is 6. The molecule has 2 aromatic carbocycles. The van der Waals surface area contributed by atoms with Crippen LogP contribution in [0.15, 0.2) is 122 Å². The van der Waals surface area contributed by atoms with Gasteiger partial charge in [0.15, 0.2) is 5.82 Å². The molecule has 0 amide bonds. The summed E-state index contributed by atoms with van der Waals surface area (Å²) in [5.74, 6) is 1.96. The molecule has 6 aromatic rings. The summed E-state index contributed by atoms with van der Waals surface area (Å²) >= 11 is 0. The van der Waals surface area contributed by atoms with Gasteiger partial charge in [-0.3, -0.25) is 4.98 Å². The van der Waals surface area contributed by atoms with E-state index < -0.39 is 11.0 Å². The molecule has 9 nitrogen and oxygen atoms in total. The van der Waals surface area contributed by atoms with Crippen molar-refractivity contribution in [2.45, 2.75) is 31.8 Å². The molecular weight excluding hydrogens is 564 g/mol. The molecule has 4 heterocycles. The SMILES string of the molecule is Cc1ncn(-c2cccc(C(C)(OCCOc3ccccn3)c3cccc(C(C)(c4ccccc4)c4ccccc4O)n3)n2)n1. The molecule has 226 valence electrons. The van der Waals surface area contributed by atoms with Crippen LogP contribution in [0, 0.1) is 6.92 Å². The van der Waals surface area contributed by atoms with E-state index in [9.17, 15) is 5.11 Å². The van der Waals surface area contributed by atoms with Gasteiger partial charge in [0, 0.05) is 17.8 Å². The molecule has 1 N–H and O–H groups in total. The van der Waals surface area contributed by atoms with Crippen LogP contribution in [0.4, 0.5) is 0 Å². The molecule has 0 aliphatic heterocycles. The minimum Gasteiger partial charge on any atom is -0.508 e. The molecule has 0 radical (unpaired) electrons. The molecule has 45 heavy (non-hydrogen) atoms. The number of ether oxygens (including phenoxy) is 2. The highest BCUT2D eigenvalue weighted by Crippen LogP contribution is 2.43. The van der Waals surface area contributed by atoms with Crippen LogP contribution in [-0.4, -0.2) is 48.0 Å². The Morgan fingerprint density at radius 3 is 2.16 bits per heavy atom. The molecule has 0 aliphatic rings. The van der Waals surface area contributed by atoms with Crippen molar-refractivity contribution in [3.8, 4) is 17.4 Å². The smallest absolute Gasteiger partial charge is 0.213 e. The van der Waals surface area contributed by atoms with Gasteiger partial charge in [-0.1, -0.05) is 66.7 Å². The fourth-order valence-corrected chi connectivity index (χ4v) is 5.46. The summed E-state index contributed by atoms with van der Waals surface area (Å²) in [6, 6.07) is 34.6. The molecule has 0 aliphatic carbocycles. The van der Waals surface area contributed by atoms with Gasteiger partial charge in [0.05, 0.1) is 29.1 Å². The van der Waals surface area contributed by atoms with E-state index in [1.54, 1.807) is 29.3 Å². The number of phenols is 1. The van der Waals surface area contributed by atoms with Gasteiger partial charge in [0.1, 0.15) is 30.1 Å². The van der Waals surface area contributed by atoms with Crippen molar-refractivity contribution in [2.24, 2.45) is 0 Å². The van der Waals surface area contributed by atoms with E-state index in [1.807, 2.05) is 98.8 Å². The van der Waals surface area contributed by atoms with Crippen LogP contribution in [0.1, 0.15) is 47.9 Å². The minimum absolute atomic E-state index is 0.194. The molecule has 0 bridgehead atoms. The summed E-state index contributed by atoms with van der Waals surface area (Å²) in [5, 5.41) is 15.5. The Morgan fingerprint density at radius 1 is 0.711 bits per heavy atom. The topological polar surface area (TPSA) is 108 Å². The Morgan fingerprint density at radius 2 is 1.42 bits per heavy atom. The normalized spacial score (nSPS) is 13.9. The van der Waals surface area contributed by atoms with E-state index in [2.05, 4.69) is 34.1 Å². The number of pyridine rings is 3. The second-order valence-electron chi connectivity index (χ2n) is 10.9. The second-order valence-corrected chi connectivity index (χ2v) is 10.9. The average Bonchev–Trinajstić information content (AvgIpc) is 3.53. The van der Waals surface area contributed by atoms with Crippen LogP contribution in [0.5, 0.6) is 11.6 Å². The summed E-state index contributed by atoms with van der Waals surface area (Å²) in [6.07, 6.45) is 3.32. The van der Waals surface area contributed by atoms with E-state index in [0.29, 0.717) is 28.9 Å². The minimum atomic E-state index is -1.09. The molecule has 2 atom stereocenters. The van der Waals surface area contributed by atoms with Crippen molar-refractivity contribution >= 4 is 0 Å². The molecule has 0 saturated heterocycles. The van der Waals surface area contributed by atoms with Gasteiger partial charge >= 0.3 is 0 Å². The van der Waals surface area contributed by atoms with Gasteiger partial charge in [-0.15, -0.1) is 0 Å². The third-order valence-electron chi connectivity index (χ3n) is 7.97. The van der Waals surface area contributed by atoms with Crippen molar-refractivity contribution in [2.75, 3.05) is 13.2 Å². The lowest BCUT2D eigenvalue weighted by Gasteiger charge is -2.34. The number of benzene rings is 2. The first-order valence-corrected chi connectivity index (χ1v) is 14.7. The first-order valence-electron chi connectivity index (χ1n) is 14.7. The van der Waals surface area contributed by atoms with Gasteiger partial charge in [0.25, 0.3) is 0 Å². The third-order valence-corrected chi connectivity index (χ3v) is 7.97. The quantitative estimate of drug-likeness (QED) is 0.176. The predicted octanol–water partition coefficient (Wildman–Crippen LogP) is 6.18. The highest BCUT2D eigenvalue weighted by Gasteiger charge is 2.38. The van der Waals surface area contributed by atoms with Crippen molar-refractivity contribution in [1.29, 1.82) is 0 Å². The largest absolute Gasteiger partial charge is 0.508 e. The van der Waals surface area contributed by atoms with Crippen LogP contribution >= 0.6 is 0 Å². The fourth-order valence-electron chi connectivity index (χ4n) is 5.46. The summed E-state index contributed by atoms with van der Waals surface area (Å²) in [5.41, 5.74) is 1.90. The summed E-state index contributed by atoms with van der Waals surface area (Å²) in [7, 11) is 0. The number of rotatable bonds is 11. The number of nitrogens with zero attached hydrogens (tertiary/aromatic N) is 6. The summed E-state index contributed by atoms with van der Waals surface area (Å²) in [4.78, 5) is 18.7. The highest BCUT2D eigenvalue weighted by atomic mass is 16.5. The Hall–Kier alpha value is -5.41. The number of para-hydroxylation sites is 1. The maximum Gasteiger partial charge on any atom is 0.213 e. The second kappa shape index (κ2) is 12.7. The Kier molecular flexibility index (Phi) is 8.35. The highest BCUT2D eigenvalue weighted by molar-refractivity contribution is 5.52. The van der Waals surface area contributed by atoms with Gasteiger partial charge in [0.2, 0.25) is 5.88 Å².